The predicted octanol–water partition coefficient (Wildman–Crippen LogP) is 5.08. The molecular weight excluding hydrogens is 436 g/mol. The number of hydrogen-bond donors (Lipinski definition) is 2. The number of hydrazine groups is 1. The fourth-order valence-corrected chi connectivity index (χ4v) is 3.21. The monoisotopic (exact) mass is 456 g/mol. The maximum Gasteiger partial charge on any atom is 0.355 e. The van der Waals surface area contributed by atoms with Crippen LogP contribution in [0.1, 0.15) is 10.4 Å². The molecule has 1 heterocycles. The van der Waals surface area contributed by atoms with Crippen LogP contribution >= 0.6 is 0 Å². The number of para-hydroxylation sites is 2. The molecule has 0 spiro atoms. The third kappa shape index (κ3) is 4.91. The van der Waals surface area contributed by atoms with Gasteiger partial charge in [0.1, 0.15) is 6.33 Å². The quantitative estimate of drug-likeness (QED) is 0.212. The van der Waals surface area contributed by atoms with Crippen molar-refractivity contribution in [1.29, 1.82) is 0 Å². The van der Waals surface area contributed by atoms with Crippen molar-refractivity contribution >= 4 is 40.4 Å². The molecule has 10 nitrogen and oxygen atoms in total. The van der Waals surface area contributed by atoms with Crippen molar-refractivity contribution in [2.75, 3.05) is 22.9 Å². The first-order chi connectivity index (χ1) is 16.6. The highest BCUT2D eigenvalue weighted by Crippen LogP contribution is 2.34. The fourth-order valence-electron chi connectivity index (χ4n) is 3.21. The minimum absolute atomic E-state index is 0.00128. The van der Waals surface area contributed by atoms with Crippen molar-refractivity contribution in [1.82, 2.24) is 9.97 Å². The number of carbonyl (C=O) groups excluding carboxylic acids is 1. The fraction of sp³-hybridized carbons (Fsp3) is 0.0417. The summed E-state index contributed by atoms with van der Waals surface area (Å²) >= 11 is 0. The summed E-state index contributed by atoms with van der Waals surface area (Å²) in [5.41, 5.74) is 5.10. The van der Waals surface area contributed by atoms with Gasteiger partial charge in [-0.2, -0.15) is 0 Å². The Morgan fingerprint density at radius 1 is 0.882 bits per heavy atom. The molecule has 0 saturated heterocycles. The number of benzene rings is 3. The summed E-state index contributed by atoms with van der Waals surface area (Å²) in [5.74, 6) is -0.483. The molecule has 10 heteroatoms. The highest BCUT2D eigenvalue weighted by molar-refractivity contribution is 5.90. The van der Waals surface area contributed by atoms with Gasteiger partial charge in [0.25, 0.3) is 0 Å². The van der Waals surface area contributed by atoms with Gasteiger partial charge in [-0.1, -0.05) is 36.4 Å². The lowest BCUT2D eigenvalue weighted by molar-refractivity contribution is -0.383. The Hall–Kier alpha value is -4.99. The first kappa shape index (κ1) is 22.2. The van der Waals surface area contributed by atoms with E-state index < -0.39 is 10.9 Å². The molecule has 0 unspecified atom stereocenters. The number of esters is 1. The van der Waals surface area contributed by atoms with Gasteiger partial charge in [-0.15, -0.1) is 0 Å². The van der Waals surface area contributed by atoms with Crippen LogP contribution in [0, 0.1) is 10.1 Å². The summed E-state index contributed by atoms with van der Waals surface area (Å²) in [6, 6.07) is 25.0. The number of methoxy groups -OCH3 is 1. The minimum atomic E-state index is -0.554. The van der Waals surface area contributed by atoms with Gasteiger partial charge in [0.2, 0.25) is 11.6 Å². The Kier molecular flexibility index (Phi) is 6.59. The Labute approximate surface area is 195 Å². The van der Waals surface area contributed by atoms with Crippen LogP contribution in [0.3, 0.4) is 0 Å². The van der Waals surface area contributed by atoms with Crippen molar-refractivity contribution in [3.05, 3.63) is 107 Å². The van der Waals surface area contributed by atoms with E-state index in [0.717, 1.165) is 11.4 Å². The molecule has 4 aromatic rings. The lowest BCUT2D eigenvalue weighted by atomic mass is 10.2. The van der Waals surface area contributed by atoms with Gasteiger partial charge >= 0.3 is 11.7 Å². The van der Waals surface area contributed by atoms with Gasteiger partial charge in [0.05, 0.1) is 29.0 Å². The van der Waals surface area contributed by atoms with Gasteiger partial charge in [-0.3, -0.25) is 20.5 Å². The van der Waals surface area contributed by atoms with Gasteiger partial charge in [0.15, 0.2) is 0 Å². The van der Waals surface area contributed by atoms with E-state index in [9.17, 15) is 14.9 Å². The van der Waals surface area contributed by atoms with Crippen LogP contribution in [0.5, 0.6) is 0 Å². The summed E-state index contributed by atoms with van der Waals surface area (Å²) < 4.78 is 4.69. The van der Waals surface area contributed by atoms with Gasteiger partial charge in [-0.05, 0) is 48.5 Å². The Balaban J connectivity index is 1.69. The average Bonchev–Trinajstić information content (AvgIpc) is 2.88. The summed E-state index contributed by atoms with van der Waals surface area (Å²) in [4.78, 5) is 31.3. The van der Waals surface area contributed by atoms with E-state index in [0.29, 0.717) is 11.3 Å². The van der Waals surface area contributed by atoms with E-state index in [1.54, 1.807) is 29.3 Å². The first-order valence-corrected chi connectivity index (χ1v) is 10.2. The second-order valence-corrected chi connectivity index (χ2v) is 6.99. The lowest BCUT2D eigenvalue weighted by Crippen LogP contribution is -2.26. The minimum Gasteiger partial charge on any atom is -0.465 e. The van der Waals surface area contributed by atoms with Crippen LogP contribution < -0.4 is 15.8 Å². The zero-order valence-corrected chi connectivity index (χ0v) is 18.1. The summed E-state index contributed by atoms with van der Waals surface area (Å²) in [6.07, 6.45) is 1.23. The van der Waals surface area contributed by atoms with Gasteiger partial charge < -0.3 is 10.1 Å². The van der Waals surface area contributed by atoms with Crippen LogP contribution in [-0.2, 0) is 4.74 Å². The third-order valence-electron chi connectivity index (χ3n) is 4.82. The normalized spacial score (nSPS) is 10.3. The van der Waals surface area contributed by atoms with Crippen LogP contribution in [0.2, 0.25) is 0 Å². The highest BCUT2D eigenvalue weighted by Gasteiger charge is 2.25. The zero-order valence-electron chi connectivity index (χ0n) is 18.1. The van der Waals surface area contributed by atoms with Crippen molar-refractivity contribution in [3.63, 3.8) is 0 Å². The average molecular weight is 456 g/mol. The first-order valence-electron chi connectivity index (χ1n) is 10.2. The molecule has 0 fully saturated rings. The summed E-state index contributed by atoms with van der Waals surface area (Å²) in [5, 5.41) is 16.7. The SMILES string of the molecule is COC(=O)c1ccc(Nc2ncnc(NN(c3ccccc3)c3ccccc3)c2[N+](=O)[O-])cc1. The molecule has 0 amide bonds. The van der Waals surface area contributed by atoms with Crippen molar-refractivity contribution in [2.45, 2.75) is 0 Å². The van der Waals surface area contributed by atoms with Crippen LogP contribution in [0.25, 0.3) is 0 Å². The molecule has 0 aliphatic rings. The molecule has 4 rings (SSSR count). The molecular formula is C24H20N6O4. The maximum absolute atomic E-state index is 12.0. The highest BCUT2D eigenvalue weighted by atomic mass is 16.6. The van der Waals surface area contributed by atoms with E-state index in [4.69, 9.17) is 0 Å². The number of rotatable bonds is 8. The van der Waals surface area contributed by atoms with Crippen molar-refractivity contribution < 1.29 is 14.5 Å². The second kappa shape index (κ2) is 10.1. The number of nitro groups is 1. The van der Waals surface area contributed by atoms with Gasteiger partial charge in [0, 0.05) is 5.69 Å². The molecule has 0 radical (unpaired) electrons. The van der Waals surface area contributed by atoms with E-state index in [2.05, 4.69) is 25.4 Å². The lowest BCUT2D eigenvalue weighted by Gasteiger charge is -2.26. The molecule has 0 bridgehead atoms. The van der Waals surface area contributed by atoms with Gasteiger partial charge in [-0.25, -0.2) is 14.8 Å². The topological polar surface area (TPSA) is 123 Å². The van der Waals surface area contributed by atoms with Crippen LogP contribution in [0.15, 0.2) is 91.3 Å². The maximum atomic E-state index is 12.0. The number of hydrogen-bond acceptors (Lipinski definition) is 9. The Bertz CT molecular complexity index is 1240. The Morgan fingerprint density at radius 3 is 1.97 bits per heavy atom. The molecule has 3 aromatic carbocycles. The molecule has 34 heavy (non-hydrogen) atoms. The van der Waals surface area contributed by atoms with E-state index in [1.807, 2.05) is 60.7 Å². The van der Waals surface area contributed by atoms with Crippen LogP contribution in [-0.4, -0.2) is 28.0 Å². The number of ether oxygens (including phenoxy) is 1. The second-order valence-electron chi connectivity index (χ2n) is 6.99. The van der Waals surface area contributed by atoms with E-state index >= 15 is 0 Å². The molecule has 0 atom stereocenters. The van der Waals surface area contributed by atoms with Crippen molar-refractivity contribution in [3.8, 4) is 0 Å². The smallest absolute Gasteiger partial charge is 0.355 e. The summed E-state index contributed by atoms with van der Waals surface area (Å²) in [7, 11) is 1.29. The number of carbonyl (C=O) groups is 1. The molecule has 1 aromatic heterocycles. The molecule has 0 saturated carbocycles. The number of nitrogens with one attached hydrogen (secondary N) is 2. The summed E-state index contributed by atoms with van der Waals surface area (Å²) in [6.45, 7) is 0. The standard InChI is InChI=1S/C24H20N6O4/c1-34-24(31)17-12-14-18(15-13-17)27-22-21(30(32)33)23(26-16-25-22)28-29(19-8-4-2-5-9-19)20-10-6-3-7-11-20/h2-16H,1H3,(H2,25,26,27,28). The molecule has 0 aliphatic carbocycles. The zero-order chi connectivity index (χ0) is 23.9. The molecule has 170 valence electrons. The van der Waals surface area contributed by atoms with Crippen molar-refractivity contribution in [2.24, 2.45) is 0 Å². The van der Waals surface area contributed by atoms with E-state index in [-0.39, 0.29) is 17.3 Å². The van der Waals surface area contributed by atoms with E-state index in [1.165, 1.54) is 13.4 Å². The third-order valence-corrected chi connectivity index (χ3v) is 4.82. The molecule has 0 aliphatic heterocycles. The number of nitrogens with zero attached hydrogens (tertiary/aromatic N) is 4. The predicted molar refractivity (Wildman–Crippen MR) is 128 cm³/mol. The van der Waals surface area contributed by atoms with Crippen LogP contribution in [0.4, 0.5) is 34.4 Å². The number of anilines is 5. The molecule has 2 N–H and O–H groups in total. The Morgan fingerprint density at radius 2 is 1.44 bits per heavy atom. The largest absolute Gasteiger partial charge is 0.465 e. The number of aromatic nitrogens is 2.